The van der Waals surface area contributed by atoms with E-state index in [1.807, 2.05) is 35.2 Å². The van der Waals surface area contributed by atoms with Crippen LogP contribution in [-0.4, -0.2) is 21.2 Å². The van der Waals surface area contributed by atoms with Gasteiger partial charge in [-0.05, 0) is 66.7 Å². The first-order valence-electron chi connectivity index (χ1n) is 11.1. The van der Waals surface area contributed by atoms with Crippen LogP contribution < -0.4 is 10.2 Å². The Labute approximate surface area is 202 Å². The lowest BCUT2D eigenvalue weighted by molar-refractivity contribution is 0.0697. The van der Waals surface area contributed by atoms with Gasteiger partial charge in [-0.3, -0.25) is 4.98 Å². The van der Waals surface area contributed by atoms with Crippen molar-refractivity contribution in [3.05, 3.63) is 108 Å². The third kappa shape index (κ3) is 3.95. The minimum atomic E-state index is -0.999. The Bertz CT molecular complexity index is 1330. The van der Waals surface area contributed by atoms with Crippen molar-refractivity contribution in [2.24, 2.45) is 0 Å². The quantitative estimate of drug-likeness (QED) is 0.347. The fourth-order valence-corrected chi connectivity index (χ4v) is 4.70. The molecule has 2 N–H and O–H groups in total. The van der Waals surface area contributed by atoms with E-state index in [4.69, 9.17) is 16.6 Å². The van der Waals surface area contributed by atoms with Crippen molar-refractivity contribution in [1.29, 1.82) is 0 Å². The lowest BCUT2D eigenvalue weighted by Crippen LogP contribution is -2.29. The molecule has 3 heterocycles. The lowest BCUT2D eigenvalue weighted by Gasteiger charge is -2.26. The molecule has 1 aliphatic heterocycles. The Kier molecular flexibility index (Phi) is 5.86. The first-order chi connectivity index (χ1) is 16.6. The van der Waals surface area contributed by atoms with Gasteiger partial charge in [0.1, 0.15) is 17.6 Å². The van der Waals surface area contributed by atoms with E-state index < -0.39 is 5.97 Å². The molecular weight excluding hydrogens is 446 g/mol. The summed E-state index contributed by atoms with van der Waals surface area (Å²) >= 11 is 5.76. The zero-order chi connectivity index (χ0) is 23.7. The fraction of sp³-hybridized carbons (Fsp3) is 0.148. The van der Waals surface area contributed by atoms with Gasteiger partial charge in [0, 0.05) is 17.4 Å². The minimum absolute atomic E-state index is 0.191. The number of nitrogens with zero attached hydrogens (tertiary/aromatic N) is 2. The Morgan fingerprint density at radius 1 is 1.06 bits per heavy atom. The number of carboxylic acids is 1. The number of aromatic carboxylic acids is 1. The molecule has 4 aromatic rings. The van der Waals surface area contributed by atoms with E-state index in [9.17, 15) is 9.90 Å². The van der Waals surface area contributed by atoms with Crippen molar-refractivity contribution in [1.82, 2.24) is 10.3 Å². The van der Waals surface area contributed by atoms with Crippen LogP contribution in [0, 0.1) is 0 Å². The fourth-order valence-electron chi connectivity index (χ4n) is 4.36. The molecule has 0 aliphatic carbocycles. The standard InChI is InChI=1S/C27H23N3O3S/c1-2-17-10-12-18(13-11-17)30-25(24(29-27(30)34)21-9-5-6-16-28-21)23-15-14-22(33-23)19-7-3-4-8-20(19)26(31)32/h3-16,24-25H,2H2,1H3,(H,29,34)(H,31,32)/t24-,25+/m1/s1. The second-order valence-electron chi connectivity index (χ2n) is 8.07. The topological polar surface area (TPSA) is 78.6 Å². The molecule has 5 rings (SSSR count). The average molecular weight is 470 g/mol. The van der Waals surface area contributed by atoms with Crippen LogP contribution in [-0.2, 0) is 6.42 Å². The van der Waals surface area contributed by atoms with Crippen LogP contribution >= 0.6 is 12.2 Å². The molecular formula is C27H23N3O3S. The second-order valence-corrected chi connectivity index (χ2v) is 8.46. The summed E-state index contributed by atoms with van der Waals surface area (Å²) in [4.78, 5) is 18.3. The molecule has 34 heavy (non-hydrogen) atoms. The molecule has 1 saturated heterocycles. The predicted molar refractivity (Wildman–Crippen MR) is 135 cm³/mol. The molecule has 2 aromatic carbocycles. The molecule has 170 valence electrons. The molecule has 0 radical (unpaired) electrons. The highest BCUT2D eigenvalue weighted by atomic mass is 32.1. The van der Waals surface area contributed by atoms with Gasteiger partial charge < -0.3 is 19.7 Å². The van der Waals surface area contributed by atoms with E-state index in [1.54, 1.807) is 30.5 Å². The minimum Gasteiger partial charge on any atom is -0.478 e. The first-order valence-corrected chi connectivity index (χ1v) is 11.5. The number of thiocarbonyl (C=S) groups is 1. The monoisotopic (exact) mass is 469 g/mol. The summed E-state index contributed by atoms with van der Waals surface area (Å²) in [7, 11) is 0. The molecule has 2 aromatic heterocycles. The largest absolute Gasteiger partial charge is 0.478 e. The summed E-state index contributed by atoms with van der Waals surface area (Å²) in [6, 6.07) is 24.1. The van der Waals surface area contributed by atoms with Gasteiger partial charge in [-0.1, -0.05) is 43.3 Å². The predicted octanol–water partition coefficient (Wildman–Crippen LogP) is 5.78. The van der Waals surface area contributed by atoms with E-state index in [2.05, 4.69) is 41.5 Å². The number of hydrogen-bond donors (Lipinski definition) is 2. The SMILES string of the molecule is CCc1ccc(N2C(=S)N[C@H](c3ccccn3)[C@@H]2c2ccc(-c3ccccc3C(=O)O)o2)cc1. The van der Waals surface area contributed by atoms with Crippen LogP contribution in [0.15, 0.2) is 89.5 Å². The van der Waals surface area contributed by atoms with Crippen LogP contribution in [0.25, 0.3) is 11.3 Å². The summed E-state index contributed by atoms with van der Waals surface area (Å²) < 4.78 is 6.31. The third-order valence-electron chi connectivity index (χ3n) is 6.06. The summed E-state index contributed by atoms with van der Waals surface area (Å²) in [5.41, 5.74) is 3.75. The van der Waals surface area contributed by atoms with Gasteiger partial charge in [-0.25, -0.2) is 4.79 Å². The molecule has 0 unspecified atom stereocenters. The maximum atomic E-state index is 11.7. The van der Waals surface area contributed by atoms with Gasteiger partial charge in [-0.15, -0.1) is 0 Å². The highest BCUT2D eigenvalue weighted by Crippen LogP contribution is 2.43. The van der Waals surface area contributed by atoms with Gasteiger partial charge in [0.25, 0.3) is 0 Å². The number of aromatic nitrogens is 1. The molecule has 0 amide bonds. The number of furan rings is 1. The van der Waals surface area contributed by atoms with Crippen molar-refractivity contribution in [3.63, 3.8) is 0 Å². The zero-order valence-electron chi connectivity index (χ0n) is 18.5. The van der Waals surface area contributed by atoms with Crippen LogP contribution in [0.2, 0.25) is 0 Å². The van der Waals surface area contributed by atoms with Gasteiger partial charge in [0.2, 0.25) is 0 Å². The first kappa shape index (κ1) is 21.9. The van der Waals surface area contributed by atoms with Crippen LogP contribution in [0.5, 0.6) is 0 Å². The maximum Gasteiger partial charge on any atom is 0.336 e. The Balaban J connectivity index is 1.60. The van der Waals surface area contributed by atoms with E-state index in [0.29, 0.717) is 22.2 Å². The normalized spacial score (nSPS) is 17.6. The van der Waals surface area contributed by atoms with Crippen molar-refractivity contribution >= 4 is 29.0 Å². The number of rotatable bonds is 6. The average Bonchev–Trinajstić information content (AvgIpc) is 3.49. The van der Waals surface area contributed by atoms with E-state index in [0.717, 1.165) is 17.8 Å². The van der Waals surface area contributed by atoms with Crippen molar-refractivity contribution in [2.75, 3.05) is 4.90 Å². The maximum absolute atomic E-state index is 11.7. The van der Waals surface area contributed by atoms with Crippen LogP contribution in [0.1, 0.15) is 46.4 Å². The molecule has 7 heteroatoms. The lowest BCUT2D eigenvalue weighted by atomic mass is 10.0. The van der Waals surface area contributed by atoms with Gasteiger partial charge in [0.05, 0.1) is 17.3 Å². The van der Waals surface area contributed by atoms with E-state index >= 15 is 0 Å². The zero-order valence-corrected chi connectivity index (χ0v) is 19.3. The molecule has 6 nitrogen and oxygen atoms in total. The van der Waals surface area contributed by atoms with Gasteiger partial charge >= 0.3 is 5.97 Å². The Morgan fingerprint density at radius 2 is 1.82 bits per heavy atom. The van der Waals surface area contributed by atoms with Crippen molar-refractivity contribution in [3.8, 4) is 11.3 Å². The molecule has 1 fully saturated rings. The number of carboxylic acid groups (broad SMARTS) is 1. The number of hydrogen-bond acceptors (Lipinski definition) is 4. The van der Waals surface area contributed by atoms with E-state index in [-0.39, 0.29) is 17.6 Å². The van der Waals surface area contributed by atoms with Crippen LogP contribution in [0.4, 0.5) is 5.69 Å². The number of anilines is 1. The van der Waals surface area contributed by atoms with Gasteiger partial charge in [-0.2, -0.15) is 0 Å². The number of pyridine rings is 1. The van der Waals surface area contributed by atoms with Crippen LogP contribution in [0.3, 0.4) is 0 Å². The number of nitrogens with one attached hydrogen (secondary N) is 1. The van der Waals surface area contributed by atoms with E-state index in [1.165, 1.54) is 5.56 Å². The number of benzene rings is 2. The number of aryl methyl sites for hydroxylation is 1. The second kappa shape index (κ2) is 9.11. The third-order valence-corrected chi connectivity index (χ3v) is 6.38. The summed E-state index contributed by atoms with van der Waals surface area (Å²) in [5.74, 6) is 0.158. The van der Waals surface area contributed by atoms with Crippen molar-refractivity contribution in [2.45, 2.75) is 25.4 Å². The Hall–Kier alpha value is -3.97. The smallest absolute Gasteiger partial charge is 0.336 e. The molecule has 0 saturated carbocycles. The molecule has 1 aliphatic rings. The summed E-state index contributed by atoms with van der Waals surface area (Å²) in [6.07, 6.45) is 2.71. The molecule has 0 spiro atoms. The summed E-state index contributed by atoms with van der Waals surface area (Å²) in [6.45, 7) is 2.12. The highest BCUT2D eigenvalue weighted by Gasteiger charge is 2.42. The highest BCUT2D eigenvalue weighted by molar-refractivity contribution is 7.80. The molecule has 2 atom stereocenters. The Morgan fingerprint density at radius 3 is 2.53 bits per heavy atom. The summed E-state index contributed by atoms with van der Waals surface area (Å²) in [5, 5.41) is 13.6. The molecule has 0 bridgehead atoms. The van der Waals surface area contributed by atoms with Crippen molar-refractivity contribution < 1.29 is 14.3 Å². The number of carbonyl (C=O) groups is 1. The van der Waals surface area contributed by atoms with Gasteiger partial charge in [0.15, 0.2) is 5.11 Å².